The standard InChI is InChI=1S/C11H11N3O2/c12-5-1-2-6-14-9-7-8(13)3-4-10(9)16-11(14)15/h3-4,7H,1-2,6,13H2. The molecule has 0 aliphatic rings. The van der Waals surface area contributed by atoms with Gasteiger partial charge in [0.05, 0.1) is 11.6 Å². The van der Waals surface area contributed by atoms with Gasteiger partial charge in [0.15, 0.2) is 5.58 Å². The minimum atomic E-state index is -0.404. The predicted molar refractivity (Wildman–Crippen MR) is 59.7 cm³/mol. The zero-order valence-electron chi connectivity index (χ0n) is 8.64. The maximum atomic E-state index is 11.5. The smallest absolute Gasteiger partial charge is 0.408 e. The highest BCUT2D eigenvalue weighted by Gasteiger charge is 2.08. The van der Waals surface area contributed by atoms with Crippen LogP contribution in [-0.4, -0.2) is 4.57 Å². The van der Waals surface area contributed by atoms with Gasteiger partial charge in [-0.2, -0.15) is 5.26 Å². The molecule has 82 valence electrons. The summed E-state index contributed by atoms with van der Waals surface area (Å²) in [5.41, 5.74) is 7.44. The second-order valence-electron chi connectivity index (χ2n) is 3.51. The van der Waals surface area contributed by atoms with Crippen LogP contribution in [0.2, 0.25) is 0 Å². The van der Waals surface area contributed by atoms with Crippen molar-refractivity contribution in [1.82, 2.24) is 4.57 Å². The van der Waals surface area contributed by atoms with E-state index in [1.807, 2.05) is 6.07 Å². The Bertz CT molecular complexity index is 604. The van der Waals surface area contributed by atoms with Gasteiger partial charge in [0.1, 0.15) is 0 Å². The minimum Gasteiger partial charge on any atom is -0.408 e. The van der Waals surface area contributed by atoms with Crippen LogP contribution in [0.4, 0.5) is 5.69 Å². The number of fused-ring (bicyclic) bond motifs is 1. The Labute approximate surface area is 91.7 Å². The third-order valence-corrected chi connectivity index (χ3v) is 2.36. The van der Waals surface area contributed by atoms with Crippen molar-refractivity contribution in [1.29, 1.82) is 5.26 Å². The molecule has 0 aliphatic carbocycles. The van der Waals surface area contributed by atoms with Gasteiger partial charge in [0.25, 0.3) is 0 Å². The molecule has 5 nitrogen and oxygen atoms in total. The molecule has 16 heavy (non-hydrogen) atoms. The summed E-state index contributed by atoms with van der Waals surface area (Å²) in [5, 5.41) is 8.44. The average molecular weight is 217 g/mol. The largest absolute Gasteiger partial charge is 0.419 e. The number of nitrogens with two attached hydrogens (primary N) is 1. The number of unbranched alkanes of at least 4 members (excludes halogenated alkanes) is 1. The summed E-state index contributed by atoms with van der Waals surface area (Å²) in [4.78, 5) is 11.5. The second kappa shape index (κ2) is 4.11. The normalized spacial score (nSPS) is 10.4. The van der Waals surface area contributed by atoms with Crippen molar-refractivity contribution in [2.75, 3.05) is 5.73 Å². The molecule has 0 spiro atoms. The van der Waals surface area contributed by atoms with E-state index in [9.17, 15) is 4.79 Å². The van der Waals surface area contributed by atoms with Gasteiger partial charge >= 0.3 is 5.76 Å². The Morgan fingerprint density at radius 3 is 3.06 bits per heavy atom. The first-order valence-corrected chi connectivity index (χ1v) is 4.98. The fraction of sp³-hybridized carbons (Fsp3) is 0.273. The number of nitriles is 1. The Kier molecular flexibility index (Phi) is 2.64. The van der Waals surface area contributed by atoms with Gasteiger partial charge in [0.2, 0.25) is 0 Å². The maximum absolute atomic E-state index is 11.5. The zero-order valence-corrected chi connectivity index (χ0v) is 8.64. The molecule has 0 amide bonds. The van der Waals surface area contributed by atoms with Gasteiger partial charge < -0.3 is 10.2 Å². The van der Waals surface area contributed by atoms with Crippen LogP contribution in [0.3, 0.4) is 0 Å². The van der Waals surface area contributed by atoms with E-state index in [-0.39, 0.29) is 0 Å². The van der Waals surface area contributed by atoms with Gasteiger partial charge in [-0.1, -0.05) is 0 Å². The molecular formula is C11H11N3O2. The van der Waals surface area contributed by atoms with Crippen molar-refractivity contribution in [3.63, 3.8) is 0 Å². The number of aromatic nitrogens is 1. The molecule has 1 aromatic heterocycles. The van der Waals surface area contributed by atoms with Crippen LogP contribution in [0.1, 0.15) is 12.8 Å². The molecule has 0 aliphatic heterocycles. The number of nitrogens with zero attached hydrogens (tertiary/aromatic N) is 2. The van der Waals surface area contributed by atoms with E-state index in [1.54, 1.807) is 18.2 Å². The molecule has 0 bridgehead atoms. The summed E-state index contributed by atoms with van der Waals surface area (Å²) in [6, 6.07) is 7.10. The van der Waals surface area contributed by atoms with Crippen LogP contribution in [0.15, 0.2) is 27.4 Å². The van der Waals surface area contributed by atoms with E-state index in [4.69, 9.17) is 15.4 Å². The van der Waals surface area contributed by atoms with E-state index in [0.29, 0.717) is 36.2 Å². The van der Waals surface area contributed by atoms with Crippen molar-refractivity contribution in [3.05, 3.63) is 28.7 Å². The molecule has 0 fully saturated rings. The van der Waals surface area contributed by atoms with Crippen LogP contribution in [0.5, 0.6) is 0 Å². The van der Waals surface area contributed by atoms with Gasteiger partial charge in [-0.15, -0.1) is 0 Å². The van der Waals surface area contributed by atoms with Gasteiger partial charge in [-0.25, -0.2) is 4.79 Å². The molecular weight excluding hydrogens is 206 g/mol. The summed E-state index contributed by atoms with van der Waals surface area (Å²) in [5.74, 6) is -0.404. The molecule has 1 aromatic carbocycles. The molecule has 2 aromatic rings. The van der Waals surface area contributed by atoms with Crippen LogP contribution in [-0.2, 0) is 6.54 Å². The van der Waals surface area contributed by atoms with E-state index in [2.05, 4.69) is 0 Å². The van der Waals surface area contributed by atoms with Crippen molar-refractivity contribution in [3.8, 4) is 6.07 Å². The second-order valence-corrected chi connectivity index (χ2v) is 3.51. The number of hydrogen-bond donors (Lipinski definition) is 1. The summed E-state index contributed by atoms with van der Waals surface area (Å²) in [6.45, 7) is 0.475. The number of rotatable bonds is 3. The molecule has 5 heteroatoms. The van der Waals surface area contributed by atoms with Crippen molar-refractivity contribution in [2.24, 2.45) is 0 Å². The van der Waals surface area contributed by atoms with E-state index < -0.39 is 5.76 Å². The topological polar surface area (TPSA) is 85.0 Å². The van der Waals surface area contributed by atoms with Crippen LogP contribution >= 0.6 is 0 Å². The van der Waals surface area contributed by atoms with Crippen molar-refractivity contribution in [2.45, 2.75) is 19.4 Å². The third kappa shape index (κ3) is 1.77. The predicted octanol–water partition coefficient (Wildman–Crippen LogP) is 1.48. The first kappa shape index (κ1) is 10.3. The lowest BCUT2D eigenvalue weighted by Gasteiger charge is -1.99. The summed E-state index contributed by atoms with van der Waals surface area (Å²) < 4.78 is 6.56. The summed E-state index contributed by atoms with van der Waals surface area (Å²) in [7, 11) is 0. The number of aryl methyl sites for hydroxylation is 1. The van der Waals surface area contributed by atoms with Crippen LogP contribution in [0, 0.1) is 11.3 Å². The summed E-state index contributed by atoms with van der Waals surface area (Å²) >= 11 is 0. The number of hydrogen-bond acceptors (Lipinski definition) is 4. The number of oxazole rings is 1. The number of benzene rings is 1. The van der Waals surface area contributed by atoms with Gasteiger partial charge in [-0.05, 0) is 24.6 Å². The highest BCUT2D eigenvalue weighted by Crippen LogP contribution is 2.16. The quantitative estimate of drug-likeness (QED) is 0.623. The molecule has 2 N–H and O–H groups in total. The number of nitrogen functional groups attached to an aromatic ring is 1. The van der Waals surface area contributed by atoms with Crippen LogP contribution in [0.25, 0.3) is 11.1 Å². The zero-order chi connectivity index (χ0) is 11.5. The van der Waals surface area contributed by atoms with Crippen LogP contribution < -0.4 is 11.5 Å². The van der Waals surface area contributed by atoms with Gasteiger partial charge in [0, 0.05) is 18.7 Å². The molecule has 1 heterocycles. The highest BCUT2D eigenvalue weighted by atomic mass is 16.4. The lowest BCUT2D eigenvalue weighted by molar-refractivity contribution is 0.499. The minimum absolute atomic E-state index is 0.404. The van der Waals surface area contributed by atoms with E-state index in [1.165, 1.54) is 4.57 Å². The van der Waals surface area contributed by atoms with E-state index >= 15 is 0 Å². The first-order chi connectivity index (χ1) is 7.72. The SMILES string of the molecule is N#CCCCn1c(=O)oc2ccc(N)cc21. The lowest BCUT2D eigenvalue weighted by atomic mass is 10.2. The Balaban J connectivity index is 2.43. The monoisotopic (exact) mass is 217 g/mol. The lowest BCUT2D eigenvalue weighted by Crippen LogP contribution is -2.14. The summed E-state index contributed by atoms with van der Waals surface area (Å²) in [6.07, 6.45) is 1.04. The molecule has 2 rings (SSSR count). The molecule has 0 atom stereocenters. The molecule has 0 saturated carbocycles. The third-order valence-electron chi connectivity index (χ3n) is 2.36. The molecule has 0 saturated heterocycles. The fourth-order valence-electron chi connectivity index (χ4n) is 1.61. The Morgan fingerprint density at radius 1 is 1.50 bits per heavy atom. The fourth-order valence-corrected chi connectivity index (χ4v) is 1.61. The highest BCUT2D eigenvalue weighted by molar-refractivity contribution is 5.76. The van der Waals surface area contributed by atoms with Gasteiger partial charge in [-0.3, -0.25) is 4.57 Å². The van der Waals surface area contributed by atoms with E-state index in [0.717, 1.165) is 0 Å². The molecule has 0 unspecified atom stereocenters. The van der Waals surface area contributed by atoms with Crippen molar-refractivity contribution < 1.29 is 4.42 Å². The molecule has 0 radical (unpaired) electrons. The first-order valence-electron chi connectivity index (χ1n) is 4.98. The van der Waals surface area contributed by atoms with Crippen molar-refractivity contribution >= 4 is 16.8 Å². The average Bonchev–Trinajstić information content (AvgIpc) is 2.56. The number of anilines is 1. The Morgan fingerprint density at radius 2 is 2.31 bits per heavy atom. The maximum Gasteiger partial charge on any atom is 0.419 e. The Hall–Kier alpha value is -2.22.